The van der Waals surface area contributed by atoms with Crippen LogP contribution in [0.1, 0.15) is 57.4 Å². The van der Waals surface area contributed by atoms with Gasteiger partial charge >= 0.3 is 0 Å². The van der Waals surface area contributed by atoms with Crippen molar-refractivity contribution in [3.05, 3.63) is 30.1 Å². The van der Waals surface area contributed by atoms with E-state index in [1.807, 2.05) is 12.3 Å². The smallest absolute Gasteiger partial charge is 0.0676 e. The number of hydrogen-bond acceptors (Lipinski definition) is 2. The van der Waals surface area contributed by atoms with E-state index in [4.69, 9.17) is 0 Å². The van der Waals surface area contributed by atoms with Gasteiger partial charge in [0.25, 0.3) is 0 Å². The molecule has 0 amide bonds. The van der Waals surface area contributed by atoms with Crippen LogP contribution >= 0.6 is 0 Å². The summed E-state index contributed by atoms with van der Waals surface area (Å²) >= 11 is 0. The van der Waals surface area contributed by atoms with Crippen LogP contribution in [0.25, 0.3) is 0 Å². The summed E-state index contributed by atoms with van der Waals surface area (Å²) in [6.07, 6.45) is 12.7. The van der Waals surface area contributed by atoms with Crippen LogP contribution < -0.4 is 0 Å². The predicted molar refractivity (Wildman–Crippen MR) is 74.4 cm³/mol. The average molecular weight is 247 g/mol. The van der Waals surface area contributed by atoms with E-state index in [2.05, 4.69) is 18.0 Å². The molecule has 0 aromatic carbocycles. The number of aliphatic hydroxyl groups is 1. The van der Waals surface area contributed by atoms with E-state index in [0.29, 0.717) is 5.92 Å². The van der Waals surface area contributed by atoms with Gasteiger partial charge in [-0.1, -0.05) is 32.3 Å². The molecule has 1 aromatic heterocycles. The van der Waals surface area contributed by atoms with Crippen molar-refractivity contribution in [1.82, 2.24) is 4.98 Å². The largest absolute Gasteiger partial charge is 0.390 e. The zero-order chi connectivity index (χ0) is 12.8. The van der Waals surface area contributed by atoms with Crippen molar-refractivity contribution in [2.75, 3.05) is 0 Å². The average Bonchev–Trinajstić information content (AvgIpc) is 2.47. The third kappa shape index (κ3) is 3.32. The SMILES string of the molecule is CCC(O)(CCc1cccnc1)C1CCCCC1. The minimum absolute atomic E-state index is 0.462. The molecule has 2 nitrogen and oxygen atoms in total. The van der Waals surface area contributed by atoms with Crippen LogP contribution in [-0.4, -0.2) is 15.7 Å². The summed E-state index contributed by atoms with van der Waals surface area (Å²) in [5.41, 5.74) is 0.774. The van der Waals surface area contributed by atoms with Gasteiger partial charge < -0.3 is 5.11 Å². The number of aryl methyl sites for hydroxylation is 1. The van der Waals surface area contributed by atoms with Crippen LogP contribution in [0.5, 0.6) is 0 Å². The molecule has 0 saturated heterocycles. The van der Waals surface area contributed by atoms with E-state index in [9.17, 15) is 5.11 Å². The summed E-state index contributed by atoms with van der Waals surface area (Å²) in [4.78, 5) is 4.14. The fraction of sp³-hybridized carbons (Fsp3) is 0.688. The minimum Gasteiger partial charge on any atom is -0.390 e. The Balaban J connectivity index is 1.94. The molecule has 0 spiro atoms. The molecule has 1 fully saturated rings. The standard InChI is InChI=1S/C16H25NO/c1-2-16(18,15-8-4-3-5-9-15)11-10-14-7-6-12-17-13-14/h6-7,12-13,15,18H,2-5,8-11H2,1H3. The molecular formula is C16H25NO. The number of pyridine rings is 1. The van der Waals surface area contributed by atoms with Crippen molar-refractivity contribution in [3.8, 4) is 0 Å². The van der Waals surface area contributed by atoms with Crippen LogP contribution in [0.3, 0.4) is 0 Å². The first-order valence-corrected chi connectivity index (χ1v) is 7.36. The Labute approximate surface area is 110 Å². The Morgan fingerprint density at radius 1 is 1.33 bits per heavy atom. The third-order valence-corrected chi connectivity index (χ3v) is 4.55. The molecule has 1 aliphatic carbocycles. The zero-order valence-electron chi connectivity index (χ0n) is 11.4. The van der Waals surface area contributed by atoms with Crippen LogP contribution in [0.2, 0.25) is 0 Å². The lowest BCUT2D eigenvalue weighted by atomic mass is 9.73. The highest BCUT2D eigenvalue weighted by atomic mass is 16.3. The van der Waals surface area contributed by atoms with Gasteiger partial charge in [-0.3, -0.25) is 4.98 Å². The lowest BCUT2D eigenvalue weighted by Crippen LogP contribution is -2.39. The molecule has 1 atom stereocenters. The minimum atomic E-state index is -0.462. The van der Waals surface area contributed by atoms with Crippen molar-refractivity contribution in [2.24, 2.45) is 5.92 Å². The number of hydrogen-bond donors (Lipinski definition) is 1. The van der Waals surface area contributed by atoms with Crippen LogP contribution in [-0.2, 0) is 6.42 Å². The van der Waals surface area contributed by atoms with E-state index in [-0.39, 0.29) is 0 Å². The highest BCUT2D eigenvalue weighted by molar-refractivity contribution is 5.09. The molecule has 18 heavy (non-hydrogen) atoms. The maximum Gasteiger partial charge on any atom is 0.0676 e. The Bertz CT molecular complexity index is 345. The van der Waals surface area contributed by atoms with Gasteiger partial charge in [-0.05, 0) is 49.7 Å². The molecule has 1 saturated carbocycles. The molecule has 100 valence electrons. The number of rotatable bonds is 5. The highest BCUT2D eigenvalue weighted by Gasteiger charge is 2.35. The molecule has 1 heterocycles. The van der Waals surface area contributed by atoms with Crippen molar-refractivity contribution >= 4 is 0 Å². The lowest BCUT2D eigenvalue weighted by Gasteiger charge is -2.38. The summed E-state index contributed by atoms with van der Waals surface area (Å²) in [6, 6.07) is 4.07. The first-order chi connectivity index (χ1) is 8.74. The second kappa shape index (κ2) is 6.33. The van der Waals surface area contributed by atoms with E-state index in [1.54, 1.807) is 6.20 Å². The van der Waals surface area contributed by atoms with Crippen LogP contribution in [0, 0.1) is 5.92 Å². The molecule has 1 N–H and O–H groups in total. The van der Waals surface area contributed by atoms with Crippen LogP contribution in [0.4, 0.5) is 0 Å². The Morgan fingerprint density at radius 3 is 2.72 bits per heavy atom. The summed E-state index contributed by atoms with van der Waals surface area (Å²) in [5, 5.41) is 10.9. The van der Waals surface area contributed by atoms with E-state index in [1.165, 1.54) is 37.7 Å². The normalized spacial score (nSPS) is 20.6. The molecule has 0 bridgehead atoms. The molecule has 1 unspecified atom stereocenters. The topological polar surface area (TPSA) is 33.1 Å². The fourth-order valence-electron chi connectivity index (χ4n) is 3.22. The monoisotopic (exact) mass is 247 g/mol. The van der Waals surface area contributed by atoms with E-state index in [0.717, 1.165) is 19.3 Å². The molecule has 1 aliphatic rings. The second-order valence-electron chi connectivity index (χ2n) is 5.65. The van der Waals surface area contributed by atoms with E-state index >= 15 is 0 Å². The van der Waals surface area contributed by atoms with Crippen LogP contribution in [0.15, 0.2) is 24.5 Å². The van der Waals surface area contributed by atoms with Gasteiger partial charge in [0.15, 0.2) is 0 Å². The summed E-state index contributed by atoms with van der Waals surface area (Å²) < 4.78 is 0. The predicted octanol–water partition coefficient (Wildman–Crippen LogP) is 3.74. The van der Waals surface area contributed by atoms with E-state index < -0.39 is 5.60 Å². The number of nitrogens with zero attached hydrogens (tertiary/aromatic N) is 1. The van der Waals surface area contributed by atoms with Crippen molar-refractivity contribution in [3.63, 3.8) is 0 Å². The number of aromatic nitrogens is 1. The lowest BCUT2D eigenvalue weighted by molar-refractivity contribution is -0.0429. The molecular weight excluding hydrogens is 222 g/mol. The van der Waals surface area contributed by atoms with Gasteiger partial charge in [0.05, 0.1) is 5.60 Å². The van der Waals surface area contributed by atoms with Gasteiger partial charge in [0.1, 0.15) is 0 Å². The Morgan fingerprint density at radius 2 is 2.11 bits per heavy atom. The maximum absolute atomic E-state index is 10.9. The molecule has 1 aromatic rings. The second-order valence-corrected chi connectivity index (χ2v) is 5.65. The first kappa shape index (κ1) is 13.5. The van der Waals surface area contributed by atoms with Crippen molar-refractivity contribution in [1.29, 1.82) is 0 Å². The highest BCUT2D eigenvalue weighted by Crippen LogP contribution is 2.37. The molecule has 0 aliphatic heterocycles. The third-order valence-electron chi connectivity index (χ3n) is 4.55. The summed E-state index contributed by atoms with van der Waals surface area (Å²) in [6.45, 7) is 2.12. The maximum atomic E-state index is 10.9. The first-order valence-electron chi connectivity index (χ1n) is 7.36. The van der Waals surface area contributed by atoms with Gasteiger partial charge in [-0.25, -0.2) is 0 Å². The molecule has 0 radical (unpaired) electrons. The Hall–Kier alpha value is -0.890. The van der Waals surface area contributed by atoms with Crippen molar-refractivity contribution in [2.45, 2.75) is 63.9 Å². The molecule has 2 heteroatoms. The summed E-state index contributed by atoms with van der Waals surface area (Å²) in [7, 11) is 0. The van der Waals surface area contributed by atoms with Gasteiger partial charge in [0.2, 0.25) is 0 Å². The summed E-state index contributed by atoms with van der Waals surface area (Å²) in [5.74, 6) is 0.507. The van der Waals surface area contributed by atoms with Crippen molar-refractivity contribution < 1.29 is 5.11 Å². The zero-order valence-corrected chi connectivity index (χ0v) is 11.4. The fourth-order valence-corrected chi connectivity index (χ4v) is 3.22. The Kier molecular flexibility index (Phi) is 4.76. The van der Waals surface area contributed by atoms with Gasteiger partial charge in [0, 0.05) is 12.4 Å². The van der Waals surface area contributed by atoms with Gasteiger partial charge in [-0.15, -0.1) is 0 Å². The van der Waals surface area contributed by atoms with Gasteiger partial charge in [-0.2, -0.15) is 0 Å². The quantitative estimate of drug-likeness (QED) is 0.860. The molecule has 2 rings (SSSR count).